The first-order chi connectivity index (χ1) is 10.2. The van der Waals surface area contributed by atoms with Crippen molar-refractivity contribution in [1.82, 2.24) is 4.90 Å². The van der Waals surface area contributed by atoms with Gasteiger partial charge in [0.1, 0.15) is 0 Å². The molecule has 1 aliphatic heterocycles. The maximum atomic E-state index is 12.6. The molecule has 21 heavy (non-hydrogen) atoms. The molecule has 0 spiro atoms. The number of nitrogens with zero attached hydrogens (tertiary/aromatic N) is 1. The zero-order valence-electron chi connectivity index (χ0n) is 13.2. The van der Waals surface area contributed by atoms with Crippen molar-refractivity contribution in [3.05, 3.63) is 35.4 Å². The van der Waals surface area contributed by atoms with Gasteiger partial charge in [-0.05, 0) is 49.7 Å². The summed E-state index contributed by atoms with van der Waals surface area (Å²) in [6, 6.07) is 8.48. The number of likely N-dealkylation sites (tertiary alicyclic amines) is 1. The third-order valence-electron chi connectivity index (χ3n) is 5.34. The van der Waals surface area contributed by atoms with E-state index in [9.17, 15) is 4.79 Å². The summed E-state index contributed by atoms with van der Waals surface area (Å²) in [5, 5.41) is 0. The third-order valence-corrected chi connectivity index (χ3v) is 5.34. The maximum absolute atomic E-state index is 12.6. The van der Waals surface area contributed by atoms with E-state index in [2.05, 4.69) is 36.1 Å². The van der Waals surface area contributed by atoms with Crippen LogP contribution in [-0.4, -0.2) is 23.9 Å². The van der Waals surface area contributed by atoms with Crippen LogP contribution < -0.4 is 0 Å². The van der Waals surface area contributed by atoms with Crippen LogP contribution in [0.1, 0.15) is 49.7 Å². The van der Waals surface area contributed by atoms with Crippen molar-refractivity contribution in [2.75, 3.05) is 13.1 Å². The number of amides is 1. The molecular weight excluding hydrogens is 258 g/mol. The molecule has 0 aromatic heterocycles. The summed E-state index contributed by atoms with van der Waals surface area (Å²) >= 11 is 0. The molecule has 1 unspecified atom stereocenters. The van der Waals surface area contributed by atoms with Crippen LogP contribution in [0.4, 0.5) is 0 Å². The van der Waals surface area contributed by atoms with E-state index < -0.39 is 0 Å². The molecule has 2 fully saturated rings. The highest BCUT2D eigenvalue weighted by Crippen LogP contribution is 2.29. The lowest BCUT2D eigenvalue weighted by atomic mass is 9.89. The molecule has 2 nitrogen and oxygen atoms in total. The summed E-state index contributed by atoms with van der Waals surface area (Å²) < 4.78 is 0. The number of hydrogen-bond donors (Lipinski definition) is 0. The van der Waals surface area contributed by atoms with Crippen LogP contribution in [0, 0.1) is 18.8 Å². The highest BCUT2D eigenvalue weighted by Gasteiger charge is 2.33. The number of hydrogen-bond acceptors (Lipinski definition) is 1. The Morgan fingerprint density at radius 3 is 2.62 bits per heavy atom. The minimum atomic E-state index is 0.217. The lowest BCUT2D eigenvalue weighted by Gasteiger charge is -2.27. The van der Waals surface area contributed by atoms with E-state index in [4.69, 9.17) is 0 Å². The fourth-order valence-corrected chi connectivity index (χ4v) is 3.96. The quantitative estimate of drug-likeness (QED) is 0.820. The molecule has 1 amide bonds. The van der Waals surface area contributed by atoms with Crippen LogP contribution in [0.15, 0.2) is 24.3 Å². The van der Waals surface area contributed by atoms with Crippen molar-refractivity contribution in [1.29, 1.82) is 0 Å². The molecule has 3 rings (SSSR count). The molecule has 0 radical (unpaired) electrons. The highest BCUT2D eigenvalue weighted by molar-refractivity contribution is 5.81. The fourth-order valence-electron chi connectivity index (χ4n) is 3.96. The normalized spacial score (nSPS) is 23.8. The maximum Gasteiger partial charge on any atom is 0.226 e. The zero-order valence-corrected chi connectivity index (χ0v) is 13.2. The molecule has 1 saturated heterocycles. The molecule has 0 N–H and O–H groups in total. The molecule has 114 valence electrons. The van der Waals surface area contributed by atoms with E-state index in [0.717, 1.165) is 31.8 Å². The largest absolute Gasteiger partial charge is 0.342 e. The Kier molecular flexibility index (Phi) is 4.62. The first kappa shape index (κ1) is 14.6. The first-order valence-electron chi connectivity index (χ1n) is 8.57. The molecule has 1 saturated carbocycles. The van der Waals surface area contributed by atoms with E-state index in [0.29, 0.717) is 5.91 Å². The Hall–Kier alpha value is -1.31. The van der Waals surface area contributed by atoms with Crippen LogP contribution in [0.3, 0.4) is 0 Å². The highest BCUT2D eigenvalue weighted by atomic mass is 16.2. The van der Waals surface area contributed by atoms with Crippen molar-refractivity contribution in [2.45, 2.75) is 51.9 Å². The van der Waals surface area contributed by atoms with Gasteiger partial charge in [-0.1, -0.05) is 43.5 Å². The van der Waals surface area contributed by atoms with Crippen LogP contribution in [0.25, 0.3) is 0 Å². The van der Waals surface area contributed by atoms with Crippen molar-refractivity contribution in [2.24, 2.45) is 11.8 Å². The molecule has 1 heterocycles. The Bertz CT molecular complexity index is 490. The first-order valence-corrected chi connectivity index (χ1v) is 8.57. The molecule has 1 aliphatic carbocycles. The monoisotopic (exact) mass is 285 g/mol. The number of benzene rings is 1. The Labute approximate surface area is 128 Å². The van der Waals surface area contributed by atoms with Gasteiger partial charge in [0.15, 0.2) is 0 Å². The van der Waals surface area contributed by atoms with Gasteiger partial charge in [-0.25, -0.2) is 0 Å². The van der Waals surface area contributed by atoms with Gasteiger partial charge in [0, 0.05) is 19.0 Å². The predicted octanol–water partition coefficient (Wildman–Crippen LogP) is 3.97. The minimum absolute atomic E-state index is 0.217. The SMILES string of the molecule is Cc1ccccc1CC1CCN(CC2CCCCC2)C1=O. The number of carbonyl (C=O) groups is 1. The summed E-state index contributed by atoms with van der Waals surface area (Å²) in [7, 11) is 0. The van der Waals surface area contributed by atoms with E-state index in [1.807, 2.05) is 0 Å². The third kappa shape index (κ3) is 3.48. The smallest absolute Gasteiger partial charge is 0.226 e. The van der Waals surface area contributed by atoms with E-state index >= 15 is 0 Å². The summed E-state index contributed by atoms with van der Waals surface area (Å²) in [5.41, 5.74) is 2.66. The van der Waals surface area contributed by atoms with Gasteiger partial charge in [0.25, 0.3) is 0 Å². The van der Waals surface area contributed by atoms with Gasteiger partial charge in [-0.2, -0.15) is 0 Å². The topological polar surface area (TPSA) is 20.3 Å². The second-order valence-corrected chi connectivity index (χ2v) is 6.90. The summed E-state index contributed by atoms with van der Waals surface area (Å²) in [5.74, 6) is 1.39. The van der Waals surface area contributed by atoms with Crippen molar-refractivity contribution in [3.8, 4) is 0 Å². The van der Waals surface area contributed by atoms with Crippen LogP contribution >= 0.6 is 0 Å². The number of carbonyl (C=O) groups excluding carboxylic acids is 1. The fraction of sp³-hybridized carbons (Fsp3) is 0.632. The zero-order chi connectivity index (χ0) is 14.7. The van der Waals surface area contributed by atoms with Gasteiger partial charge in [-0.3, -0.25) is 4.79 Å². The lowest BCUT2D eigenvalue weighted by molar-refractivity contribution is -0.131. The van der Waals surface area contributed by atoms with Crippen LogP contribution in [0.2, 0.25) is 0 Å². The molecular formula is C19H27NO. The second-order valence-electron chi connectivity index (χ2n) is 6.90. The van der Waals surface area contributed by atoms with Crippen molar-refractivity contribution in [3.63, 3.8) is 0 Å². The van der Waals surface area contributed by atoms with Gasteiger partial charge in [-0.15, -0.1) is 0 Å². The number of aryl methyl sites for hydroxylation is 1. The van der Waals surface area contributed by atoms with E-state index in [1.165, 1.54) is 43.2 Å². The van der Waals surface area contributed by atoms with Crippen LogP contribution in [-0.2, 0) is 11.2 Å². The molecule has 2 heteroatoms. The van der Waals surface area contributed by atoms with Gasteiger partial charge in [0.2, 0.25) is 5.91 Å². The predicted molar refractivity (Wildman–Crippen MR) is 86.1 cm³/mol. The van der Waals surface area contributed by atoms with Gasteiger partial charge < -0.3 is 4.90 Å². The average molecular weight is 285 g/mol. The van der Waals surface area contributed by atoms with Crippen molar-refractivity contribution >= 4 is 5.91 Å². The Balaban J connectivity index is 1.57. The average Bonchev–Trinajstić information content (AvgIpc) is 2.84. The summed E-state index contributed by atoms with van der Waals surface area (Å²) in [4.78, 5) is 14.8. The number of rotatable bonds is 4. The van der Waals surface area contributed by atoms with E-state index in [-0.39, 0.29) is 5.92 Å². The molecule has 1 aromatic carbocycles. The summed E-state index contributed by atoms with van der Waals surface area (Å²) in [6.45, 7) is 4.14. The van der Waals surface area contributed by atoms with Crippen LogP contribution in [0.5, 0.6) is 0 Å². The van der Waals surface area contributed by atoms with E-state index in [1.54, 1.807) is 0 Å². The van der Waals surface area contributed by atoms with Gasteiger partial charge in [0.05, 0.1) is 0 Å². The lowest BCUT2D eigenvalue weighted by Crippen LogP contribution is -2.33. The molecule has 0 bridgehead atoms. The molecule has 1 aromatic rings. The second kappa shape index (κ2) is 6.64. The Morgan fingerprint density at radius 2 is 1.86 bits per heavy atom. The summed E-state index contributed by atoms with van der Waals surface area (Å²) in [6.07, 6.45) is 8.73. The Morgan fingerprint density at radius 1 is 1.10 bits per heavy atom. The standard InChI is InChI=1S/C19H27NO/c1-15-7-5-6-10-17(15)13-18-11-12-20(19(18)21)14-16-8-3-2-4-9-16/h5-7,10,16,18H,2-4,8-9,11-14H2,1H3. The van der Waals surface area contributed by atoms with Gasteiger partial charge >= 0.3 is 0 Å². The van der Waals surface area contributed by atoms with Crippen molar-refractivity contribution < 1.29 is 4.79 Å². The molecule has 2 aliphatic rings. The minimum Gasteiger partial charge on any atom is -0.342 e. The molecule has 1 atom stereocenters.